The molecule has 0 amide bonds. The van der Waals surface area contributed by atoms with E-state index in [1.807, 2.05) is 79.7 Å². The van der Waals surface area contributed by atoms with E-state index in [0.29, 0.717) is 5.69 Å². The SMILES string of the molecule is CN(C)c1ccc(-c2ccc3ccccc3c2NS(=O)(=O)c2ccccc2)cc1. The molecule has 4 aromatic rings. The lowest BCUT2D eigenvalue weighted by Gasteiger charge is -2.17. The maximum absolute atomic E-state index is 13.1. The smallest absolute Gasteiger partial charge is 0.261 e. The third-order valence-electron chi connectivity index (χ3n) is 4.91. The third kappa shape index (κ3) is 3.82. The van der Waals surface area contributed by atoms with Crippen LogP contribution in [0.1, 0.15) is 0 Å². The highest BCUT2D eigenvalue weighted by molar-refractivity contribution is 7.92. The van der Waals surface area contributed by atoms with Crippen LogP contribution in [0.25, 0.3) is 21.9 Å². The monoisotopic (exact) mass is 402 g/mol. The molecule has 4 nitrogen and oxygen atoms in total. The molecule has 0 fully saturated rings. The van der Waals surface area contributed by atoms with Crippen molar-refractivity contribution >= 4 is 32.2 Å². The Labute approximate surface area is 171 Å². The van der Waals surface area contributed by atoms with Crippen LogP contribution in [0, 0.1) is 0 Å². The lowest BCUT2D eigenvalue weighted by atomic mass is 9.98. The molecule has 5 heteroatoms. The number of rotatable bonds is 5. The van der Waals surface area contributed by atoms with Crippen molar-refractivity contribution in [1.29, 1.82) is 0 Å². The summed E-state index contributed by atoms with van der Waals surface area (Å²) >= 11 is 0. The Hall–Kier alpha value is -3.31. The predicted molar refractivity (Wildman–Crippen MR) is 121 cm³/mol. The van der Waals surface area contributed by atoms with E-state index in [1.54, 1.807) is 30.3 Å². The van der Waals surface area contributed by atoms with Gasteiger partial charge in [0.15, 0.2) is 0 Å². The van der Waals surface area contributed by atoms with Crippen LogP contribution in [-0.4, -0.2) is 22.5 Å². The van der Waals surface area contributed by atoms with Crippen molar-refractivity contribution in [3.63, 3.8) is 0 Å². The molecule has 4 aromatic carbocycles. The van der Waals surface area contributed by atoms with Crippen LogP contribution in [0.4, 0.5) is 11.4 Å². The predicted octanol–water partition coefficient (Wildman–Crippen LogP) is 5.37. The van der Waals surface area contributed by atoms with E-state index in [0.717, 1.165) is 27.6 Å². The van der Waals surface area contributed by atoms with Crippen molar-refractivity contribution in [1.82, 2.24) is 0 Å². The van der Waals surface area contributed by atoms with Crippen LogP contribution >= 0.6 is 0 Å². The topological polar surface area (TPSA) is 49.4 Å². The second-order valence-corrected chi connectivity index (χ2v) is 8.75. The second kappa shape index (κ2) is 7.60. The number of nitrogens with one attached hydrogen (secondary N) is 1. The maximum atomic E-state index is 13.1. The number of hydrogen-bond acceptors (Lipinski definition) is 3. The van der Waals surface area contributed by atoms with Crippen molar-refractivity contribution in [3.05, 3.63) is 91.0 Å². The van der Waals surface area contributed by atoms with Crippen LogP contribution in [0.2, 0.25) is 0 Å². The average molecular weight is 403 g/mol. The first-order chi connectivity index (χ1) is 14.0. The molecule has 29 heavy (non-hydrogen) atoms. The first-order valence-electron chi connectivity index (χ1n) is 9.33. The number of benzene rings is 4. The van der Waals surface area contributed by atoms with Gasteiger partial charge in [-0.25, -0.2) is 8.42 Å². The first-order valence-corrected chi connectivity index (χ1v) is 10.8. The molecular formula is C24H22N2O2S. The van der Waals surface area contributed by atoms with E-state index in [1.165, 1.54) is 0 Å². The van der Waals surface area contributed by atoms with Crippen molar-refractivity contribution < 1.29 is 8.42 Å². The Kier molecular flexibility index (Phi) is 4.99. The zero-order valence-electron chi connectivity index (χ0n) is 16.3. The minimum atomic E-state index is -3.72. The molecule has 0 bridgehead atoms. The molecule has 1 N–H and O–H groups in total. The van der Waals surface area contributed by atoms with Gasteiger partial charge in [0.2, 0.25) is 0 Å². The molecule has 0 radical (unpaired) electrons. The molecule has 0 heterocycles. The normalized spacial score (nSPS) is 11.4. The third-order valence-corrected chi connectivity index (χ3v) is 6.28. The zero-order valence-corrected chi connectivity index (χ0v) is 17.1. The molecule has 0 spiro atoms. The maximum Gasteiger partial charge on any atom is 0.261 e. The van der Waals surface area contributed by atoms with E-state index in [4.69, 9.17) is 0 Å². The van der Waals surface area contributed by atoms with Gasteiger partial charge in [-0.3, -0.25) is 4.72 Å². The van der Waals surface area contributed by atoms with Gasteiger partial charge in [-0.15, -0.1) is 0 Å². The number of nitrogens with zero attached hydrogens (tertiary/aromatic N) is 1. The summed E-state index contributed by atoms with van der Waals surface area (Å²) in [5, 5.41) is 1.84. The fraction of sp³-hybridized carbons (Fsp3) is 0.0833. The minimum Gasteiger partial charge on any atom is -0.378 e. The highest BCUT2D eigenvalue weighted by Gasteiger charge is 2.18. The van der Waals surface area contributed by atoms with Gasteiger partial charge in [-0.1, -0.05) is 66.7 Å². The highest BCUT2D eigenvalue weighted by Crippen LogP contribution is 2.36. The highest BCUT2D eigenvalue weighted by atomic mass is 32.2. The Morgan fingerprint density at radius 3 is 2.07 bits per heavy atom. The number of hydrogen-bond donors (Lipinski definition) is 1. The number of anilines is 2. The Morgan fingerprint density at radius 2 is 1.38 bits per heavy atom. The number of fused-ring (bicyclic) bond motifs is 1. The minimum absolute atomic E-state index is 0.238. The fourth-order valence-electron chi connectivity index (χ4n) is 3.35. The summed E-state index contributed by atoms with van der Waals surface area (Å²) in [6, 6.07) is 28.3. The van der Waals surface area contributed by atoms with E-state index in [9.17, 15) is 8.42 Å². The van der Waals surface area contributed by atoms with E-state index >= 15 is 0 Å². The molecule has 0 saturated carbocycles. The number of sulfonamides is 1. The van der Waals surface area contributed by atoms with Crippen LogP contribution in [-0.2, 0) is 10.0 Å². The molecule has 0 aliphatic carbocycles. The van der Waals surface area contributed by atoms with E-state index < -0.39 is 10.0 Å². The van der Waals surface area contributed by atoms with Crippen LogP contribution in [0.3, 0.4) is 0 Å². The summed E-state index contributed by atoms with van der Waals surface area (Å²) in [6.07, 6.45) is 0. The van der Waals surface area contributed by atoms with Crippen molar-refractivity contribution in [2.45, 2.75) is 4.90 Å². The Morgan fingerprint density at radius 1 is 0.724 bits per heavy atom. The van der Waals surface area contributed by atoms with E-state index in [-0.39, 0.29) is 4.90 Å². The summed E-state index contributed by atoms with van der Waals surface area (Å²) in [4.78, 5) is 2.27. The van der Waals surface area contributed by atoms with Gasteiger partial charge in [0.25, 0.3) is 10.0 Å². The molecule has 0 aliphatic heterocycles. The largest absolute Gasteiger partial charge is 0.378 e. The molecule has 4 rings (SSSR count). The van der Waals surface area contributed by atoms with Gasteiger partial charge in [-0.05, 0) is 35.2 Å². The quantitative estimate of drug-likeness (QED) is 0.488. The van der Waals surface area contributed by atoms with Crippen molar-refractivity contribution in [2.24, 2.45) is 0 Å². The molecule has 146 valence electrons. The molecule has 0 aliphatic rings. The second-order valence-electron chi connectivity index (χ2n) is 7.07. The first kappa shape index (κ1) is 19.0. The van der Waals surface area contributed by atoms with Gasteiger partial charge in [0.05, 0.1) is 10.6 Å². The zero-order chi connectivity index (χ0) is 20.4. The van der Waals surface area contributed by atoms with Crippen LogP contribution in [0.5, 0.6) is 0 Å². The lowest BCUT2D eigenvalue weighted by Crippen LogP contribution is -2.14. The summed E-state index contributed by atoms with van der Waals surface area (Å²) in [5.74, 6) is 0. The standard InChI is InChI=1S/C24H22N2O2S/c1-26(2)20-15-12-19(13-16-20)23-17-14-18-8-6-7-11-22(18)24(23)25-29(27,28)21-9-4-3-5-10-21/h3-17,25H,1-2H3. The van der Waals surface area contributed by atoms with Gasteiger partial charge in [0, 0.05) is 30.7 Å². The molecule has 0 unspecified atom stereocenters. The average Bonchev–Trinajstić information content (AvgIpc) is 2.74. The summed E-state index contributed by atoms with van der Waals surface area (Å²) in [6.45, 7) is 0. The molecule has 0 saturated heterocycles. The molecule has 0 atom stereocenters. The van der Waals surface area contributed by atoms with Gasteiger partial charge in [-0.2, -0.15) is 0 Å². The van der Waals surface area contributed by atoms with Crippen LogP contribution in [0.15, 0.2) is 95.9 Å². The van der Waals surface area contributed by atoms with Gasteiger partial charge in [0.1, 0.15) is 0 Å². The summed E-state index contributed by atoms with van der Waals surface area (Å²) < 4.78 is 29.0. The Bertz CT molecular complexity index is 1250. The van der Waals surface area contributed by atoms with E-state index in [2.05, 4.69) is 4.72 Å². The Balaban J connectivity index is 1.88. The van der Waals surface area contributed by atoms with Crippen molar-refractivity contribution in [3.8, 4) is 11.1 Å². The van der Waals surface area contributed by atoms with Gasteiger partial charge < -0.3 is 4.90 Å². The fourth-order valence-corrected chi connectivity index (χ4v) is 4.48. The van der Waals surface area contributed by atoms with Crippen LogP contribution < -0.4 is 9.62 Å². The lowest BCUT2D eigenvalue weighted by molar-refractivity contribution is 0.601. The summed E-state index contributed by atoms with van der Waals surface area (Å²) in [7, 11) is 0.266. The molecular weight excluding hydrogens is 380 g/mol. The molecule has 0 aromatic heterocycles. The van der Waals surface area contributed by atoms with Crippen molar-refractivity contribution in [2.75, 3.05) is 23.7 Å². The van der Waals surface area contributed by atoms with Gasteiger partial charge >= 0.3 is 0 Å². The summed E-state index contributed by atoms with van der Waals surface area (Å²) in [5.41, 5.74) is 3.46.